The Morgan fingerprint density at radius 3 is 2.84 bits per heavy atom. The molecule has 0 spiro atoms. The van der Waals surface area contributed by atoms with Gasteiger partial charge in [0.05, 0.1) is 26.4 Å². The second-order valence-electron chi connectivity index (χ2n) is 5.23. The van der Waals surface area contributed by atoms with E-state index in [1.54, 1.807) is 0 Å². The maximum Gasteiger partial charge on any atom is 0.221 e. The van der Waals surface area contributed by atoms with Crippen molar-refractivity contribution in [3.05, 3.63) is 0 Å². The zero-order valence-electron chi connectivity index (χ0n) is 11.7. The zero-order chi connectivity index (χ0) is 13.5. The number of hydrogen-bond donors (Lipinski definition) is 2. The third-order valence-corrected chi connectivity index (χ3v) is 3.69. The molecule has 2 saturated heterocycles. The van der Waals surface area contributed by atoms with Crippen LogP contribution in [0.5, 0.6) is 0 Å². The lowest BCUT2D eigenvalue weighted by atomic mass is 10.2. The molecule has 0 radical (unpaired) electrons. The van der Waals surface area contributed by atoms with E-state index in [0.29, 0.717) is 25.6 Å². The Morgan fingerprint density at radius 2 is 2.16 bits per heavy atom. The molecule has 1 amide bonds. The van der Waals surface area contributed by atoms with Gasteiger partial charge in [-0.05, 0) is 6.92 Å². The van der Waals surface area contributed by atoms with Crippen LogP contribution < -0.4 is 10.6 Å². The minimum absolute atomic E-state index is 0.100. The van der Waals surface area contributed by atoms with Gasteiger partial charge in [0, 0.05) is 44.7 Å². The van der Waals surface area contributed by atoms with Crippen molar-refractivity contribution in [1.82, 2.24) is 15.5 Å². The molecular weight excluding hydrogens is 246 g/mol. The summed E-state index contributed by atoms with van der Waals surface area (Å²) in [5.74, 6) is 0.100. The average molecular weight is 271 g/mol. The molecule has 2 unspecified atom stereocenters. The van der Waals surface area contributed by atoms with Gasteiger partial charge in [-0.2, -0.15) is 0 Å². The molecule has 2 aliphatic rings. The van der Waals surface area contributed by atoms with E-state index < -0.39 is 0 Å². The molecule has 2 aliphatic heterocycles. The van der Waals surface area contributed by atoms with Gasteiger partial charge >= 0.3 is 0 Å². The number of carbonyl (C=O) groups is 1. The van der Waals surface area contributed by atoms with Crippen molar-refractivity contribution in [2.75, 3.05) is 52.6 Å². The molecule has 0 aromatic carbocycles. The predicted octanol–water partition coefficient (Wildman–Crippen LogP) is -0.798. The number of amides is 1. The van der Waals surface area contributed by atoms with E-state index in [-0.39, 0.29) is 11.9 Å². The Labute approximate surface area is 114 Å². The minimum Gasteiger partial charge on any atom is -0.379 e. The molecule has 6 nitrogen and oxygen atoms in total. The SMILES string of the molecule is CC(CNC(=O)CC1COCCN1)N1CCOCC1. The highest BCUT2D eigenvalue weighted by Crippen LogP contribution is 2.03. The van der Waals surface area contributed by atoms with E-state index in [4.69, 9.17) is 9.47 Å². The third-order valence-electron chi connectivity index (χ3n) is 3.69. The highest BCUT2D eigenvalue weighted by Gasteiger charge is 2.19. The minimum atomic E-state index is 0.100. The van der Waals surface area contributed by atoms with Crippen molar-refractivity contribution in [2.45, 2.75) is 25.4 Å². The maximum atomic E-state index is 11.8. The third kappa shape index (κ3) is 5.06. The van der Waals surface area contributed by atoms with Crippen LogP contribution in [-0.4, -0.2) is 75.5 Å². The smallest absolute Gasteiger partial charge is 0.221 e. The maximum absolute atomic E-state index is 11.8. The lowest BCUT2D eigenvalue weighted by Crippen LogP contribution is -2.49. The summed E-state index contributed by atoms with van der Waals surface area (Å²) in [4.78, 5) is 14.2. The zero-order valence-corrected chi connectivity index (χ0v) is 11.7. The van der Waals surface area contributed by atoms with Crippen LogP contribution in [0.2, 0.25) is 0 Å². The summed E-state index contributed by atoms with van der Waals surface area (Å²) in [6.45, 7) is 8.55. The summed E-state index contributed by atoms with van der Waals surface area (Å²) in [6, 6.07) is 0.524. The first kappa shape index (κ1) is 14.7. The first-order valence-electron chi connectivity index (χ1n) is 7.15. The number of hydrogen-bond acceptors (Lipinski definition) is 5. The molecule has 6 heteroatoms. The molecule has 2 N–H and O–H groups in total. The van der Waals surface area contributed by atoms with Crippen molar-refractivity contribution in [1.29, 1.82) is 0 Å². The number of rotatable bonds is 5. The summed E-state index contributed by atoms with van der Waals surface area (Å²) in [5.41, 5.74) is 0. The van der Waals surface area contributed by atoms with Crippen LogP contribution in [0.15, 0.2) is 0 Å². The lowest BCUT2D eigenvalue weighted by molar-refractivity contribution is -0.122. The number of ether oxygens (including phenoxy) is 2. The monoisotopic (exact) mass is 271 g/mol. The van der Waals surface area contributed by atoms with E-state index in [1.165, 1.54) is 0 Å². The van der Waals surface area contributed by atoms with E-state index >= 15 is 0 Å². The first-order valence-corrected chi connectivity index (χ1v) is 7.15. The second-order valence-corrected chi connectivity index (χ2v) is 5.23. The second kappa shape index (κ2) is 7.79. The highest BCUT2D eigenvalue weighted by atomic mass is 16.5. The first-order chi connectivity index (χ1) is 9.25. The quantitative estimate of drug-likeness (QED) is 0.685. The molecular formula is C13H25N3O3. The van der Waals surface area contributed by atoms with Gasteiger partial charge in [-0.15, -0.1) is 0 Å². The van der Waals surface area contributed by atoms with Crippen LogP contribution in [0.4, 0.5) is 0 Å². The van der Waals surface area contributed by atoms with E-state index in [2.05, 4.69) is 22.5 Å². The number of carbonyl (C=O) groups excluding carboxylic acids is 1. The number of nitrogens with zero attached hydrogens (tertiary/aromatic N) is 1. The molecule has 2 fully saturated rings. The normalized spacial score (nSPS) is 26.9. The lowest BCUT2D eigenvalue weighted by Gasteiger charge is -2.32. The number of nitrogens with one attached hydrogen (secondary N) is 2. The van der Waals surface area contributed by atoms with Gasteiger partial charge in [0.1, 0.15) is 0 Å². The van der Waals surface area contributed by atoms with E-state index in [9.17, 15) is 4.79 Å². The Balaban J connectivity index is 1.61. The summed E-state index contributed by atoms with van der Waals surface area (Å²) in [6.07, 6.45) is 0.496. The van der Waals surface area contributed by atoms with Gasteiger partial charge in [-0.25, -0.2) is 0 Å². The summed E-state index contributed by atoms with van der Waals surface area (Å²) >= 11 is 0. The molecule has 2 heterocycles. The van der Waals surface area contributed by atoms with Gasteiger partial charge in [-0.1, -0.05) is 0 Å². The fourth-order valence-electron chi connectivity index (χ4n) is 2.46. The number of morpholine rings is 2. The molecule has 2 rings (SSSR count). The fourth-order valence-corrected chi connectivity index (χ4v) is 2.46. The largest absolute Gasteiger partial charge is 0.379 e. The van der Waals surface area contributed by atoms with Crippen molar-refractivity contribution in [3.63, 3.8) is 0 Å². The van der Waals surface area contributed by atoms with Gasteiger partial charge in [-0.3, -0.25) is 9.69 Å². The van der Waals surface area contributed by atoms with Crippen molar-refractivity contribution < 1.29 is 14.3 Å². The van der Waals surface area contributed by atoms with Crippen LogP contribution in [0.3, 0.4) is 0 Å². The van der Waals surface area contributed by atoms with Crippen LogP contribution in [-0.2, 0) is 14.3 Å². The van der Waals surface area contributed by atoms with Crippen LogP contribution in [0.1, 0.15) is 13.3 Å². The summed E-state index contributed by atoms with van der Waals surface area (Å²) in [7, 11) is 0. The van der Waals surface area contributed by atoms with Gasteiger partial charge in [0.2, 0.25) is 5.91 Å². The van der Waals surface area contributed by atoms with Crippen molar-refractivity contribution in [3.8, 4) is 0 Å². The van der Waals surface area contributed by atoms with Crippen molar-refractivity contribution >= 4 is 5.91 Å². The van der Waals surface area contributed by atoms with Crippen LogP contribution in [0, 0.1) is 0 Å². The van der Waals surface area contributed by atoms with Gasteiger partial charge in [0.15, 0.2) is 0 Å². The van der Waals surface area contributed by atoms with Gasteiger partial charge < -0.3 is 20.1 Å². The Morgan fingerprint density at radius 1 is 1.37 bits per heavy atom. The molecule has 0 bridgehead atoms. The Bertz CT molecular complexity index is 276. The summed E-state index contributed by atoms with van der Waals surface area (Å²) in [5, 5.41) is 6.30. The molecule has 0 aliphatic carbocycles. The van der Waals surface area contributed by atoms with Gasteiger partial charge in [0.25, 0.3) is 0 Å². The van der Waals surface area contributed by atoms with Crippen LogP contribution >= 0.6 is 0 Å². The average Bonchev–Trinajstić information content (AvgIpc) is 2.47. The molecule has 2 atom stereocenters. The fraction of sp³-hybridized carbons (Fsp3) is 0.923. The molecule has 110 valence electrons. The molecule has 0 saturated carbocycles. The Hall–Kier alpha value is -0.690. The predicted molar refractivity (Wildman–Crippen MR) is 72.1 cm³/mol. The molecule has 19 heavy (non-hydrogen) atoms. The molecule has 0 aromatic rings. The van der Waals surface area contributed by atoms with Crippen LogP contribution in [0.25, 0.3) is 0 Å². The van der Waals surface area contributed by atoms with E-state index in [1.807, 2.05) is 0 Å². The molecule has 0 aromatic heterocycles. The van der Waals surface area contributed by atoms with Crippen molar-refractivity contribution in [2.24, 2.45) is 0 Å². The highest BCUT2D eigenvalue weighted by molar-refractivity contribution is 5.76. The summed E-state index contributed by atoms with van der Waals surface area (Å²) < 4.78 is 10.7. The topological polar surface area (TPSA) is 62.8 Å². The van der Waals surface area contributed by atoms with E-state index in [0.717, 1.165) is 39.5 Å². The standard InChI is InChI=1S/C13H25N3O3/c1-11(16-3-6-18-7-4-16)9-15-13(17)8-12-10-19-5-2-14-12/h11-12,14H,2-10H2,1H3,(H,15,17). The Kier molecular flexibility index (Phi) is 6.03.